The normalized spacial score (nSPS) is 21.0. The fourth-order valence-electron chi connectivity index (χ4n) is 3.53. The molecule has 3 heterocycles. The highest BCUT2D eigenvalue weighted by Crippen LogP contribution is 2.48. The smallest absolute Gasteiger partial charge is 0.213 e. The number of rotatable bonds is 2. The third-order valence-corrected chi connectivity index (χ3v) is 6.34. The summed E-state index contributed by atoms with van der Waals surface area (Å²) in [4.78, 5) is 1.21. The Morgan fingerprint density at radius 2 is 2.08 bits per heavy atom. The van der Waals surface area contributed by atoms with Crippen LogP contribution >= 0.6 is 38.9 Å². The number of benzene rings is 2. The van der Waals surface area contributed by atoms with Crippen molar-refractivity contribution in [3.63, 3.8) is 0 Å². The van der Waals surface area contributed by atoms with E-state index >= 15 is 0 Å². The van der Waals surface area contributed by atoms with E-state index in [0.29, 0.717) is 5.02 Å². The monoisotopic (exact) mass is 444 g/mol. The van der Waals surface area contributed by atoms with E-state index in [-0.39, 0.29) is 12.3 Å². The molecule has 6 heteroatoms. The lowest BCUT2D eigenvalue weighted by Gasteiger charge is -2.38. The Morgan fingerprint density at radius 3 is 2.88 bits per heavy atom. The molecule has 1 aromatic heterocycles. The van der Waals surface area contributed by atoms with Gasteiger partial charge in [0.05, 0.1) is 16.6 Å². The molecule has 0 saturated carbocycles. The Morgan fingerprint density at radius 1 is 1.15 bits per heavy atom. The van der Waals surface area contributed by atoms with Gasteiger partial charge in [0.15, 0.2) is 0 Å². The first kappa shape index (κ1) is 16.4. The van der Waals surface area contributed by atoms with Crippen LogP contribution in [0.1, 0.15) is 34.7 Å². The second-order valence-corrected chi connectivity index (χ2v) is 8.63. The van der Waals surface area contributed by atoms with Gasteiger partial charge in [0, 0.05) is 27.0 Å². The molecular weight excluding hydrogens is 432 g/mol. The zero-order valence-electron chi connectivity index (χ0n) is 13.6. The molecule has 26 heavy (non-hydrogen) atoms. The van der Waals surface area contributed by atoms with Crippen molar-refractivity contribution in [2.24, 2.45) is 5.10 Å². The summed E-state index contributed by atoms with van der Waals surface area (Å²) in [5.74, 6) is 0.905. The van der Waals surface area contributed by atoms with E-state index in [1.165, 1.54) is 4.88 Å². The third kappa shape index (κ3) is 2.75. The molecule has 2 aromatic carbocycles. The largest absolute Gasteiger partial charge is 0.464 e. The number of thiophene rings is 1. The second-order valence-electron chi connectivity index (χ2n) is 6.33. The molecule has 0 saturated heterocycles. The van der Waals surface area contributed by atoms with E-state index in [1.807, 2.05) is 36.4 Å². The number of hydrogen-bond acceptors (Lipinski definition) is 4. The molecule has 2 aliphatic heterocycles. The van der Waals surface area contributed by atoms with Crippen LogP contribution in [0.25, 0.3) is 0 Å². The van der Waals surface area contributed by atoms with Gasteiger partial charge < -0.3 is 4.74 Å². The van der Waals surface area contributed by atoms with E-state index in [1.54, 1.807) is 11.3 Å². The van der Waals surface area contributed by atoms with E-state index in [4.69, 9.17) is 21.4 Å². The second kappa shape index (κ2) is 6.41. The van der Waals surface area contributed by atoms with E-state index < -0.39 is 0 Å². The summed E-state index contributed by atoms with van der Waals surface area (Å²) in [7, 11) is 0. The molecule has 2 atom stereocenters. The maximum absolute atomic E-state index is 6.35. The van der Waals surface area contributed by atoms with Crippen LogP contribution in [-0.4, -0.2) is 10.7 Å². The summed E-state index contributed by atoms with van der Waals surface area (Å²) in [6, 6.07) is 18.3. The standard InChI is InChI=1S/C20H14BrClN2OS/c21-13-6-7-18-15(10-13)17-11-16(19-5-2-8-26-19)23-24(17)20(25-18)12-3-1-4-14(22)9-12/h1-10,17,20H,11H2. The molecular formula is C20H14BrClN2OS. The summed E-state index contributed by atoms with van der Waals surface area (Å²) in [5, 5.41) is 9.81. The quantitative estimate of drug-likeness (QED) is 0.455. The van der Waals surface area contributed by atoms with Gasteiger partial charge in [0.2, 0.25) is 6.23 Å². The summed E-state index contributed by atoms with van der Waals surface area (Å²) < 4.78 is 7.40. The Bertz CT molecular complexity index is 1000. The highest BCUT2D eigenvalue weighted by atomic mass is 79.9. The lowest BCUT2D eigenvalue weighted by atomic mass is 9.98. The fraction of sp³-hybridized carbons (Fsp3) is 0.150. The molecule has 5 rings (SSSR count). The van der Waals surface area contributed by atoms with Crippen LogP contribution < -0.4 is 4.74 Å². The van der Waals surface area contributed by atoms with Gasteiger partial charge in [-0.05, 0) is 41.8 Å². The number of fused-ring (bicyclic) bond motifs is 3. The zero-order valence-corrected chi connectivity index (χ0v) is 16.8. The van der Waals surface area contributed by atoms with Crippen LogP contribution in [-0.2, 0) is 0 Å². The first-order chi connectivity index (χ1) is 12.7. The van der Waals surface area contributed by atoms with Gasteiger partial charge in [-0.1, -0.05) is 45.7 Å². The molecule has 0 N–H and O–H groups in total. The predicted molar refractivity (Wildman–Crippen MR) is 109 cm³/mol. The Balaban J connectivity index is 1.63. The molecule has 3 aromatic rings. The highest BCUT2D eigenvalue weighted by molar-refractivity contribution is 9.10. The van der Waals surface area contributed by atoms with Crippen LogP contribution in [0.15, 0.2) is 69.6 Å². The van der Waals surface area contributed by atoms with Crippen molar-refractivity contribution in [1.82, 2.24) is 5.01 Å². The minimum atomic E-state index is -0.287. The Hall–Kier alpha value is -1.82. The van der Waals surface area contributed by atoms with E-state index in [0.717, 1.165) is 33.5 Å². The van der Waals surface area contributed by atoms with Crippen molar-refractivity contribution < 1.29 is 4.74 Å². The number of halogens is 2. The van der Waals surface area contributed by atoms with Gasteiger partial charge in [0.25, 0.3) is 0 Å². The van der Waals surface area contributed by atoms with Gasteiger partial charge >= 0.3 is 0 Å². The van der Waals surface area contributed by atoms with Crippen LogP contribution in [0.4, 0.5) is 0 Å². The Kier molecular flexibility index (Phi) is 4.03. The maximum Gasteiger partial charge on any atom is 0.213 e. The van der Waals surface area contributed by atoms with Gasteiger partial charge in [-0.15, -0.1) is 11.3 Å². The van der Waals surface area contributed by atoms with E-state index in [9.17, 15) is 0 Å². The summed E-state index contributed by atoms with van der Waals surface area (Å²) in [6.45, 7) is 0. The molecule has 0 bridgehead atoms. The summed E-state index contributed by atoms with van der Waals surface area (Å²) >= 11 is 11.5. The van der Waals surface area contributed by atoms with Crippen LogP contribution in [0.3, 0.4) is 0 Å². The fourth-order valence-corrected chi connectivity index (χ4v) is 4.83. The molecule has 0 amide bonds. The zero-order chi connectivity index (χ0) is 17.7. The predicted octanol–water partition coefficient (Wildman–Crippen LogP) is 6.41. The molecule has 130 valence electrons. The molecule has 3 nitrogen and oxygen atoms in total. The number of hydrazone groups is 1. The molecule has 0 fully saturated rings. The number of ether oxygens (including phenoxy) is 1. The molecule has 0 radical (unpaired) electrons. The van der Waals surface area contributed by atoms with Crippen molar-refractivity contribution >= 4 is 44.6 Å². The first-order valence-electron chi connectivity index (χ1n) is 8.30. The van der Waals surface area contributed by atoms with Crippen molar-refractivity contribution in [1.29, 1.82) is 0 Å². The minimum absolute atomic E-state index is 0.150. The van der Waals surface area contributed by atoms with Crippen molar-refractivity contribution in [3.05, 3.63) is 85.5 Å². The highest BCUT2D eigenvalue weighted by Gasteiger charge is 2.41. The SMILES string of the molecule is Clc1cccc(C2Oc3ccc(Br)cc3C3CC(c4cccs4)=NN32)c1. The number of nitrogens with zero attached hydrogens (tertiary/aromatic N) is 2. The van der Waals surface area contributed by atoms with Crippen LogP contribution in [0, 0.1) is 0 Å². The van der Waals surface area contributed by atoms with Gasteiger partial charge in [-0.25, -0.2) is 5.01 Å². The van der Waals surface area contributed by atoms with Crippen LogP contribution in [0.5, 0.6) is 5.75 Å². The topological polar surface area (TPSA) is 24.8 Å². The Labute approximate surface area is 169 Å². The van der Waals surface area contributed by atoms with Crippen LogP contribution in [0.2, 0.25) is 5.02 Å². The lowest BCUT2D eigenvalue weighted by molar-refractivity contribution is -0.0190. The van der Waals surface area contributed by atoms with Crippen molar-refractivity contribution in [3.8, 4) is 5.75 Å². The molecule has 2 unspecified atom stereocenters. The van der Waals surface area contributed by atoms with Gasteiger partial charge in [-0.2, -0.15) is 5.10 Å². The van der Waals surface area contributed by atoms with Gasteiger partial charge in [-0.3, -0.25) is 0 Å². The first-order valence-corrected chi connectivity index (χ1v) is 10.4. The molecule has 2 aliphatic rings. The average Bonchev–Trinajstić information content (AvgIpc) is 3.31. The molecule has 0 aliphatic carbocycles. The van der Waals surface area contributed by atoms with Crippen molar-refractivity contribution in [2.75, 3.05) is 0 Å². The number of hydrogen-bond donors (Lipinski definition) is 0. The van der Waals surface area contributed by atoms with Gasteiger partial charge in [0.1, 0.15) is 5.75 Å². The minimum Gasteiger partial charge on any atom is -0.464 e. The average molecular weight is 446 g/mol. The molecule has 0 spiro atoms. The lowest BCUT2D eigenvalue weighted by Crippen LogP contribution is -2.33. The summed E-state index contributed by atoms with van der Waals surface area (Å²) in [6.07, 6.45) is 0.578. The maximum atomic E-state index is 6.35. The third-order valence-electron chi connectivity index (χ3n) is 4.69. The van der Waals surface area contributed by atoms with E-state index in [2.05, 4.69) is 44.5 Å². The van der Waals surface area contributed by atoms with Crippen molar-refractivity contribution in [2.45, 2.75) is 18.7 Å². The summed E-state index contributed by atoms with van der Waals surface area (Å²) in [5.41, 5.74) is 3.27.